The number of hydrogen-bond acceptors (Lipinski definition) is 5. The molecule has 1 saturated heterocycles. The molecular weight excluding hydrogens is 543 g/mol. The number of halogens is 2. The van der Waals surface area contributed by atoms with E-state index in [9.17, 15) is 14.4 Å². The van der Waals surface area contributed by atoms with Crippen molar-refractivity contribution in [2.45, 2.75) is 57.0 Å². The first-order chi connectivity index (χ1) is 18.2. The van der Waals surface area contributed by atoms with E-state index >= 15 is 0 Å². The smallest absolute Gasteiger partial charge is 0.240 e. The average molecular weight is 574 g/mol. The predicted octanol–water partition coefficient (Wildman–Crippen LogP) is 5.70. The lowest BCUT2D eigenvalue weighted by molar-refractivity contribution is -0.144. The van der Waals surface area contributed by atoms with Crippen LogP contribution in [0.2, 0.25) is 10.2 Å². The number of likely N-dealkylation sites (tertiary alicyclic amines) is 1. The molecule has 0 radical (unpaired) electrons. The molecular formula is C28H30Cl2N4O3S. The molecule has 2 N–H and O–H groups in total. The monoisotopic (exact) mass is 572 g/mol. The Morgan fingerprint density at radius 3 is 2.29 bits per heavy atom. The number of carbonyl (C=O) groups excluding carboxylic acids is 3. The minimum absolute atomic E-state index is 0.154. The van der Waals surface area contributed by atoms with Gasteiger partial charge >= 0.3 is 0 Å². The van der Waals surface area contributed by atoms with Gasteiger partial charge in [-0.05, 0) is 48.9 Å². The normalized spacial score (nSPS) is 24.1. The number of nitrogens with two attached hydrogens (primary N) is 1. The number of amides is 2. The molecule has 38 heavy (non-hydrogen) atoms. The molecule has 2 amide bonds. The number of hydrogen-bond donors (Lipinski definition) is 1. The van der Waals surface area contributed by atoms with Gasteiger partial charge in [-0.15, -0.1) is 11.3 Å². The highest BCUT2D eigenvalue weighted by molar-refractivity contribution is 7.12. The fourth-order valence-electron chi connectivity index (χ4n) is 6.33. The van der Waals surface area contributed by atoms with Gasteiger partial charge in [-0.3, -0.25) is 19.1 Å². The predicted molar refractivity (Wildman–Crippen MR) is 148 cm³/mol. The van der Waals surface area contributed by atoms with Crippen LogP contribution in [0.3, 0.4) is 0 Å². The summed E-state index contributed by atoms with van der Waals surface area (Å²) in [5, 5.41) is 7.20. The standard InChI is InChI=1S/C28H30Cl2N4O3S/c1-15-20(26(30)33(2)32-15)23-22(25(35)19-9-6-14-38-19)21(16-10-12-18(29)13-11-16)24(27(31)36)34(23)28(37)17-7-4-3-5-8-17/h6,9-14,17,21-24H,3-5,7-8H2,1-2H3,(H2,31,36). The van der Waals surface area contributed by atoms with E-state index in [2.05, 4.69) is 5.10 Å². The topological polar surface area (TPSA) is 98.3 Å². The average Bonchev–Trinajstić information content (AvgIpc) is 3.61. The second kappa shape index (κ2) is 10.8. The van der Waals surface area contributed by atoms with Crippen LogP contribution in [0, 0.1) is 18.8 Å². The SMILES string of the molecule is Cc1nn(C)c(Cl)c1C1C(C(=O)c2cccs2)C(c2ccc(Cl)cc2)C(C(N)=O)N1C(=O)C1CCCCC1. The highest BCUT2D eigenvalue weighted by Crippen LogP contribution is 2.54. The van der Waals surface area contributed by atoms with E-state index < -0.39 is 29.8 Å². The molecule has 200 valence electrons. The van der Waals surface area contributed by atoms with E-state index in [0.717, 1.165) is 37.7 Å². The van der Waals surface area contributed by atoms with Crippen molar-refractivity contribution in [3.8, 4) is 0 Å². The van der Waals surface area contributed by atoms with Crippen LogP contribution in [0.25, 0.3) is 0 Å². The summed E-state index contributed by atoms with van der Waals surface area (Å²) in [5.41, 5.74) is 8.00. The highest BCUT2D eigenvalue weighted by Gasteiger charge is 2.58. The van der Waals surface area contributed by atoms with Crippen LogP contribution in [0.1, 0.15) is 70.6 Å². The number of nitrogens with zero attached hydrogens (tertiary/aromatic N) is 3. The molecule has 0 bridgehead atoms. The third-order valence-corrected chi connectivity index (χ3v) is 9.57. The Morgan fingerprint density at radius 1 is 1.05 bits per heavy atom. The summed E-state index contributed by atoms with van der Waals surface area (Å²) in [6.07, 6.45) is 4.44. The Kier molecular flexibility index (Phi) is 7.67. The van der Waals surface area contributed by atoms with Crippen molar-refractivity contribution < 1.29 is 14.4 Å². The lowest BCUT2D eigenvalue weighted by Crippen LogP contribution is -2.49. The molecule has 1 aromatic carbocycles. The van der Waals surface area contributed by atoms with Crippen molar-refractivity contribution in [2.24, 2.45) is 24.6 Å². The highest BCUT2D eigenvalue weighted by atomic mass is 35.5. The van der Waals surface area contributed by atoms with Crippen molar-refractivity contribution in [2.75, 3.05) is 0 Å². The fraction of sp³-hybridized carbons (Fsp3) is 0.429. The van der Waals surface area contributed by atoms with Gasteiger partial charge in [0, 0.05) is 29.5 Å². The number of benzene rings is 1. The van der Waals surface area contributed by atoms with E-state index in [0.29, 0.717) is 26.3 Å². The molecule has 4 atom stereocenters. The van der Waals surface area contributed by atoms with Crippen molar-refractivity contribution in [3.05, 3.63) is 73.7 Å². The van der Waals surface area contributed by atoms with Gasteiger partial charge in [0.2, 0.25) is 11.8 Å². The number of Topliss-reactive ketones (excluding diaryl/α,β-unsaturated/α-hetero) is 1. The van der Waals surface area contributed by atoms with Crippen LogP contribution in [0.5, 0.6) is 0 Å². The third kappa shape index (κ3) is 4.67. The van der Waals surface area contributed by atoms with Gasteiger partial charge in [0.15, 0.2) is 5.78 Å². The van der Waals surface area contributed by atoms with Crippen molar-refractivity contribution in [1.82, 2.24) is 14.7 Å². The summed E-state index contributed by atoms with van der Waals surface area (Å²) < 4.78 is 1.54. The maximum atomic E-state index is 14.3. The fourth-order valence-corrected chi connectivity index (χ4v) is 7.45. The van der Waals surface area contributed by atoms with Crippen molar-refractivity contribution >= 4 is 52.1 Å². The molecule has 4 unspecified atom stereocenters. The molecule has 7 nitrogen and oxygen atoms in total. The summed E-state index contributed by atoms with van der Waals surface area (Å²) in [6.45, 7) is 1.81. The molecule has 2 aliphatic rings. The first kappa shape index (κ1) is 26.9. The van der Waals surface area contributed by atoms with E-state index in [1.807, 2.05) is 18.4 Å². The van der Waals surface area contributed by atoms with Crippen molar-refractivity contribution in [3.63, 3.8) is 0 Å². The van der Waals surface area contributed by atoms with Gasteiger partial charge in [-0.2, -0.15) is 5.10 Å². The summed E-state index contributed by atoms with van der Waals surface area (Å²) in [5.74, 6) is -2.70. The van der Waals surface area contributed by atoms with E-state index in [4.69, 9.17) is 28.9 Å². The molecule has 2 fully saturated rings. The minimum Gasteiger partial charge on any atom is -0.368 e. The number of ketones is 1. The number of aryl methyl sites for hydroxylation is 2. The number of carbonyl (C=O) groups is 3. The minimum atomic E-state index is -1.04. The van der Waals surface area contributed by atoms with Gasteiger partial charge in [0.25, 0.3) is 0 Å². The molecule has 1 aliphatic carbocycles. The second-order valence-corrected chi connectivity index (χ2v) is 12.0. The molecule has 3 heterocycles. The molecule has 10 heteroatoms. The molecule has 1 aliphatic heterocycles. The van der Waals surface area contributed by atoms with Gasteiger partial charge in [-0.25, -0.2) is 0 Å². The lowest BCUT2D eigenvalue weighted by Gasteiger charge is -2.34. The van der Waals surface area contributed by atoms with Crippen LogP contribution in [-0.4, -0.2) is 38.3 Å². The Labute approximate surface area is 235 Å². The lowest BCUT2D eigenvalue weighted by atomic mass is 9.77. The van der Waals surface area contributed by atoms with Crippen LogP contribution in [-0.2, 0) is 16.6 Å². The van der Waals surface area contributed by atoms with Crippen LogP contribution < -0.4 is 5.73 Å². The largest absolute Gasteiger partial charge is 0.368 e. The quantitative estimate of drug-likeness (QED) is 0.383. The van der Waals surface area contributed by atoms with Gasteiger partial charge in [-0.1, -0.05) is 60.7 Å². The van der Waals surface area contributed by atoms with E-state index in [-0.39, 0.29) is 17.6 Å². The molecule has 5 rings (SSSR count). The Morgan fingerprint density at radius 2 is 1.74 bits per heavy atom. The molecule has 2 aromatic heterocycles. The Balaban J connectivity index is 1.77. The summed E-state index contributed by atoms with van der Waals surface area (Å²) in [6, 6.07) is 8.80. The van der Waals surface area contributed by atoms with Gasteiger partial charge in [0.05, 0.1) is 22.5 Å². The zero-order valence-corrected chi connectivity index (χ0v) is 23.6. The first-order valence-corrected chi connectivity index (χ1v) is 14.5. The second-order valence-electron chi connectivity index (χ2n) is 10.2. The Hall–Kier alpha value is -2.68. The van der Waals surface area contributed by atoms with Crippen LogP contribution >= 0.6 is 34.5 Å². The number of rotatable bonds is 6. The zero-order valence-electron chi connectivity index (χ0n) is 21.3. The first-order valence-electron chi connectivity index (χ1n) is 12.8. The summed E-state index contributed by atoms with van der Waals surface area (Å²) in [7, 11) is 1.72. The maximum absolute atomic E-state index is 14.3. The molecule has 0 spiro atoms. The van der Waals surface area contributed by atoms with Crippen LogP contribution in [0.4, 0.5) is 0 Å². The van der Waals surface area contributed by atoms with Crippen LogP contribution in [0.15, 0.2) is 41.8 Å². The Bertz CT molecular complexity index is 1350. The van der Waals surface area contributed by atoms with Gasteiger partial charge in [0.1, 0.15) is 11.2 Å². The number of aromatic nitrogens is 2. The maximum Gasteiger partial charge on any atom is 0.240 e. The molecule has 3 aromatic rings. The summed E-state index contributed by atoms with van der Waals surface area (Å²) in [4.78, 5) is 44.1. The molecule has 1 saturated carbocycles. The van der Waals surface area contributed by atoms with E-state index in [1.165, 1.54) is 16.0 Å². The third-order valence-electron chi connectivity index (χ3n) is 7.98. The summed E-state index contributed by atoms with van der Waals surface area (Å²) >= 11 is 14.3. The van der Waals surface area contributed by atoms with Gasteiger partial charge < -0.3 is 10.6 Å². The van der Waals surface area contributed by atoms with Crippen molar-refractivity contribution in [1.29, 1.82) is 0 Å². The number of thiophene rings is 1. The zero-order chi connectivity index (χ0) is 27.1. The van der Waals surface area contributed by atoms with E-state index in [1.54, 1.807) is 42.3 Å². The number of primary amides is 1.